The second-order valence-electron chi connectivity index (χ2n) is 4.68. The minimum atomic E-state index is -3.37. The van der Waals surface area contributed by atoms with Crippen molar-refractivity contribution in [3.63, 3.8) is 0 Å². The zero-order valence-corrected chi connectivity index (χ0v) is 11.6. The molecule has 2 N–H and O–H groups in total. The Morgan fingerprint density at radius 3 is 3.06 bits per heavy atom. The van der Waals surface area contributed by atoms with Crippen molar-refractivity contribution in [3.05, 3.63) is 23.8 Å². The highest BCUT2D eigenvalue weighted by Crippen LogP contribution is 2.26. The molecule has 2 heterocycles. The van der Waals surface area contributed by atoms with E-state index in [1.54, 1.807) is 23.9 Å². The highest BCUT2D eigenvalue weighted by Gasteiger charge is 2.24. The van der Waals surface area contributed by atoms with Crippen molar-refractivity contribution in [2.24, 2.45) is 0 Å². The predicted molar refractivity (Wildman–Crippen MR) is 74.7 cm³/mol. The van der Waals surface area contributed by atoms with Gasteiger partial charge in [-0.3, -0.25) is 0 Å². The zero-order chi connectivity index (χ0) is 12.6. The standard InChI is InChI=1S/C12H16N2O2S2/c15-18(16,14-10-4-6-17-8-10)11-2-1-9-3-5-13-12(9)7-11/h1-2,7,10,13-14H,3-6,8H2. The molecule has 4 nitrogen and oxygen atoms in total. The van der Waals surface area contributed by atoms with Crippen molar-refractivity contribution in [3.8, 4) is 0 Å². The van der Waals surface area contributed by atoms with Crippen LogP contribution in [0.1, 0.15) is 12.0 Å². The Bertz CT molecular complexity index is 551. The van der Waals surface area contributed by atoms with Crippen LogP contribution >= 0.6 is 11.8 Å². The molecule has 1 atom stereocenters. The summed E-state index contributed by atoms with van der Waals surface area (Å²) in [6.07, 6.45) is 1.90. The lowest BCUT2D eigenvalue weighted by molar-refractivity contribution is 0.563. The number of sulfonamides is 1. The first kappa shape index (κ1) is 12.3. The molecule has 0 saturated carbocycles. The molecule has 1 unspecified atom stereocenters. The van der Waals surface area contributed by atoms with Crippen LogP contribution in [-0.2, 0) is 16.4 Å². The highest BCUT2D eigenvalue weighted by molar-refractivity contribution is 7.99. The van der Waals surface area contributed by atoms with Crippen LogP contribution in [0.15, 0.2) is 23.1 Å². The van der Waals surface area contributed by atoms with Crippen molar-refractivity contribution in [1.29, 1.82) is 0 Å². The van der Waals surface area contributed by atoms with E-state index in [4.69, 9.17) is 0 Å². The normalized spacial score (nSPS) is 22.8. The summed E-state index contributed by atoms with van der Waals surface area (Å²) in [4.78, 5) is 0.368. The smallest absolute Gasteiger partial charge is 0.240 e. The molecule has 1 aromatic carbocycles. The van der Waals surface area contributed by atoms with Gasteiger partial charge < -0.3 is 5.32 Å². The third-order valence-corrected chi connectivity index (χ3v) is 6.03. The molecule has 98 valence electrons. The third-order valence-electron chi connectivity index (χ3n) is 3.35. The Balaban J connectivity index is 1.84. The lowest BCUT2D eigenvalue weighted by Gasteiger charge is -2.12. The molecule has 3 rings (SSSR count). The van der Waals surface area contributed by atoms with Crippen LogP contribution in [0.2, 0.25) is 0 Å². The number of anilines is 1. The van der Waals surface area contributed by atoms with E-state index in [1.807, 2.05) is 6.07 Å². The molecule has 1 aromatic rings. The van der Waals surface area contributed by atoms with Gasteiger partial charge in [0.15, 0.2) is 0 Å². The number of thioether (sulfide) groups is 1. The van der Waals surface area contributed by atoms with Gasteiger partial charge in [-0.2, -0.15) is 11.8 Å². The Labute approximate surface area is 112 Å². The Morgan fingerprint density at radius 1 is 1.39 bits per heavy atom. The van der Waals surface area contributed by atoms with Crippen molar-refractivity contribution >= 4 is 27.5 Å². The van der Waals surface area contributed by atoms with Gasteiger partial charge in [0.2, 0.25) is 10.0 Å². The number of rotatable bonds is 3. The molecule has 6 heteroatoms. The van der Waals surface area contributed by atoms with Gasteiger partial charge in [-0.25, -0.2) is 13.1 Å². The summed E-state index contributed by atoms with van der Waals surface area (Å²) in [5, 5.41) is 3.21. The first-order valence-electron chi connectivity index (χ1n) is 6.12. The average molecular weight is 284 g/mol. The van der Waals surface area contributed by atoms with E-state index < -0.39 is 10.0 Å². The molecule has 0 radical (unpaired) electrons. The molecule has 1 fully saturated rings. The predicted octanol–water partition coefficient (Wildman–Crippen LogP) is 1.44. The maximum Gasteiger partial charge on any atom is 0.240 e. The molecular formula is C12H16N2O2S2. The second-order valence-corrected chi connectivity index (χ2v) is 7.54. The van der Waals surface area contributed by atoms with Crippen LogP contribution in [0.4, 0.5) is 5.69 Å². The van der Waals surface area contributed by atoms with E-state index in [-0.39, 0.29) is 6.04 Å². The van der Waals surface area contributed by atoms with Crippen LogP contribution in [0.3, 0.4) is 0 Å². The van der Waals surface area contributed by atoms with E-state index in [0.717, 1.165) is 36.6 Å². The van der Waals surface area contributed by atoms with Gasteiger partial charge in [0.1, 0.15) is 0 Å². The summed E-state index contributed by atoms with van der Waals surface area (Å²) in [7, 11) is -3.37. The van der Waals surface area contributed by atoms with Gasteiger partial charge in [0.05, 0.1) is 4.90 Å². The SMILES string of the molecule is O=S(=O)(NC1CCSC1)c1ccc2c(c1)NCC2. The number of hydrogen-bond acceptors (Lipinski definition) is 4. The number of hydrogen-bond donors (Lipinski definition) is 2. The molecule has 18 heavy (non-hydrogen) atoms. The Morgan fingerprint density at radius 2 is 2.28 bits per heavy atom. The molecule has 2 aliphatic heterocycles. The maximum absolute atomic E-state index is 12.2. The molecular weight excluding hydrogens is 268 g/mol. The molecule has 0 bridgehead atoms. The summed E-state index contributed by atoms with van der Waals surface area (Å²) < 4.78 is 27.3. The second kappa shape index (κ2) is 4.75. The van der Waals surface area contributed by atoms with Gasteiger partial charge in [-0.15, -0.1) is 0 Å². The lowest BCUT2D eigenvalue weighted by Crippen LogP contribution is -2.34. The fourth-order valence-corrected chi connectivity index (χ4v) is 4.91. The van der Waals surface area contributed by atoms with E-state index in [9.17, 15) is 8.42 Å². The first-order valence-corrected chi connectivity index (χ1v) is 8.76. The molecule has 0 amide bonds. The minimum absolute atomic E-state index is 0.0845. The topological polar surface area (TPSA) is 58.2 Å². The van der Waals surface area contributed by atoms with Crippen LogP contribution < -0.4 is 10.0 Å². The quantitative estimate of drug-likeness (QED) is 0.882. The van der Waals surface area contributed by atoms with Gasteiger partial charge in [-0.05, 0) is 36.3 Å². The van der Waals surface area contributed by atoms with E-state index >= 15 is 0 Å². The van der Waals surface area contributed by atoms with Crippen molar-refractivity contribution < 1.29 is 8.42 Å². The lowest BCUT2D eigenvalue weighted by atomic mass is 10.2. The van der Waals surface area contributed by atoms with Crippen molar-refractivity contribution in [2.75, 3.05) is 23.4 Å². The molecule has 2 aliphatic rings. The average Bonchev–Trinajstić information content (AvgIpc) is 2.97. The van der Waals surface area contributed by atoms with Crippen molar-refractivity contribution in [2.45, 2.75) is 23.8 Å². The third kappa shape index (κ3) is 2.37. The van der Waals surface area contributed by atoms with Crippen LogP contribution in [-0.4, -0.2) is 32.5 Å². The van der Waals surface area contributed by atoms with Gasteiger partial charge in [0, 0.05) is 24.0 Å². The number of nitrogens with one attached hydrogen (secondary N) is 2. The Hall–Kier alpha value is -0.720. The van der Waals surface area contributed by atoms with E-state index in [0.29, 0.717) is 4.90 Å². The largest absolute Gasteiger partial charge is 0.384 e. The van der Waals surface area contributed by atoms with Crippen LogP contribution in [0.5, 0.6) is 0 Å². The molecule has 1 saturated heterocycles. The summed E-state index contributed by atoms with van der Waals surface area (Å²) in [6.45, 7) is 0.894. The summed E-state index contributed by atoms with van der Waals surface area (Å²) in [5.74, 6) is 1.92. The Kier molecular flexibility index (Phi) is 3.25. The van der Waals surface area contributed by atoms with Gasteiger partial charge in [0.25, 0.3) is 0 Å². The summed E-state index contributed by atoms with van der Waals surface area (Å²) >= 11 is 1.80. The van der Waals surface area contributed by atoms with Gasteiger partial charge >= 0.3 is 0 Å². The fourth-order valence-electron chi connectivity index (χ4n) is 2.35. The van der Waals surface area contributed by atoms with Crippen molar-refractivity contribution in [1.82, 2.24) is 4.72 Å². The number of benzene rings is 1. The molecule has 0 aromatic heterocycles. The van der Waals surface area contributed by atoms with Crippen LogP contribution in [0, 0.1) is 0 Å². The number of fused-ring (bicyclic) bond motifs is 1. The summed E-state index contributed by atoms with van der Waals surface area (Å²) in [6, 6.07) is 5.44. The van der Waals surface area contributed by atoms with E-state index in [1.165, 1.54) is 5.56 Å². The van der Waals surface area contributed by atoms with Crippen LogP contribution in [0.25, 0.3) is 0 Å². The monoisotopic (exact) mass is 284 g/mol. The molecule has 0 aliphatic carbocycles. The summed E-state index contributed by atoms with van der Waals surface area (Å²) in [5.41, 5.74) is 2.16. The highest BCUT2D eigenvalue weighted by atomic mass is 32.2. The first-order chi connectivity index (χ1) is 8.65. The zero-order valence-electron chi connectivity index (χ0n) is 9.98. The van der Waals surface area contributed by atoms with E-state index in [2.05, 4.69) is 10.0 Å². The van der Waals surface area contributed by atoms with Gasteiger partial charge in [-0.1, -0.05) is 6.07 Å². The maximum atomic E-state index is 12.2. The minimum Gasteiger partial charge on any atom is -0.384 e. The fraction of sp³-hybridized carbons (Fsp3) is 0.500. The molecule has 0 spiro atoms.